The minimum atomic E-state index is -4.93. The molecule has 0 aliphatic carbocycles. The van der Waals surface area contributed by atoms with E-state index in [4.69, 9.17) is 32.3 Å². The standard InChI is InChI=1S/C73H126O16P2/c1-4-7-10-13-16-19-22-25-28-30-31-32-33-34-35-37-40-41-44-47-50-53-56-59-71(76)83-62-68(74)63-85-90(79,80)86-64-69(75)65-87-91(81,82)88-67-70(89-73(78)61-58-55-52-49-46-43-38-27-24-21-18-15-12-9-6-3)66-84-72(77)60-57-54-51-48-45-42-39-36-29-26-23-20-17-14-11-8-5-2/h8,11,16-17,19-20,25-29,31-32,34-35,38-39,42,68-70,74-75H,4-7,9-10,12-15,18,21-24,30,33,36-37,40-41,43-67H2,1-3H3,(H,79,80)(H,81,82)/b11-8-,19-16-,20-17-,28-25-,29-26-,32-31-,35-34-,38-27-,42-39-. The van der Waals surface area contributed by atoms with Crippen LogP contribution in [0.1, 0.15) is 278 Å². The molecule has 4 N–H and O–H groups in total. The summed E-state index contributed by atoms with van der Waals surface area (Å²) in [6.07, 6.45) is 74.2. The Bertz CT molecular complexity index is 2100. The number of ether oxygens (including phenoxy) is 3. The number of rotatable bonds is 66. The number of hydrogen-bond acceptors (Lipinski definition) is 14. The summed E-state index contributed by atoms with van der Waals surface area (Å²) >= 11 is 0. The molecule has 5 atom stereocenters. The van der Waals surface area contributed by atoms with Crippen LogP contribution in [0.25, 0.3) is 0 Å². The molecule has 18 heteroatoms. The molecule has 0 spiro atoms. The van der Waals surface area contributed by atoms with Gasteiger partial charge >= 0.3 is 33.6 Å². The van der Waals surface area contributed by atoms with Crippen LogP contribution in [0.5, 0.6) is 0 Å². The molecule has 524 valence electrons. The summed E-state index contributed by atoms with van der Waals surface area (Å²) in [4.78, 5) is 58.4. The van der Waals surface area contributed by atoms with Crippen LogP contribution in [-0.2, 0) is 55.8 Å². The Kier molecular flexibility index (Phi) is 63.5. The van der Waals surface area contributed by atoms with Gasteiger partial charge in [0.1, 0.15) is 25.4 Å². The van der Waals surface area contributed by atoms with Gasteiger partial charge in [-0.05, 0) is 128 Å². The third-order valence-electron chi connectivity index (χ3n) is 14.5. The molecule has 0 saturated carbocycles. The maximum Gasteiger partial charge on any atom is 0.472 e. The van der Waals surface area contributed by atoms with Gasteiger partial charge in [-0.2, -0.15) is 0 Å². The van der Waals surface area contributed by atoms with Crippen molar-refractivity contribution in [2.45, 2.75) is 296 Å². The third kappa shape index (κ3) is 67.4. The van der Waals surface area contributed by atoms with Crippen molar-refractivity contribution in [3.05, 3.63) is 109 Å². The Morgan fingerprint density at radius 2 is 0.582 bits per heavy atom. The fourth-order valence-electron chi connectivity index (χ4n) is 9.07. The number of carbonyl (C=O) groups excluding carboxylic acids is 3. The van der Waals surface area contributed by atoms with E-state index in [9.17, 15) is 43.5 Å². The maximum absolute atomic E-state index is 12.9. The van der Waals surface area contributed by atoms with Gasteiger partial charge in [0.25, 0.3) is 0 Å². The molecule has 91 heavy (non-hydrogen) atoms. The highest BCUT2D eigenvalue weighted by Gasteiger charge is 2.29. The van der Waals surface area contributed by atoms with Crippen molar-refractivity contribution in [1.29, 1.82) is 0 Å². The number of esters is 3. The van der Waals surface area contributed by atoms with Crippen molar-refractivity contribution in [2.24, 2.45) is 0 Å². The zero-order chi connectivity index (χ0) is 66.7. The molecule has 0 rings (SSSR count). The van der Waals surface area contributed by atoms with Gasteiger partial charge in [0.05, 0.1) is 26.4 Å². The Morgan fingerprint density at radius 1 is 0.319 bits per heavy atom. The average Bonchev–Trinajstić information content (AvgIpc) is 3.27. The van der Waals surface area contributed by atoms with Crippen molar-refractivity contribution in [3.63, 3.8) is 0 Å². The average molecular weight is 1320 g/mol. The molecule has 0 heterocycles. The molecule has 5 unspecified atom stereocenters. The van der Waals surface area contributed by atoms with Crippen LogP contribution < -0.4 is 0 Å². The van der Waals surface area contributed by atoms with Gasteiger partial charge in [-0.15, -0.1) is 0 Å². The molecule has 16 nitrogen and oxygen atoms in total. The number of phosphoric acid groups is 2. The van der Waals surface area contributed by atoms with Crippen molar-refractivity contribution >= 4 is 33.6 Å². The molecule has 0 aliphatic rings. The van der Waals surface area contributed by atoms with Crippen LogP contribution in [0.15, 0.2) is 109 Å². The van der Waals surface area contributed by atoms with E-state index in [1.165, 1.54) is 64.2 Å². The van der Waals surface area contributed by atoms with Crippen molar-refractivity contribution in [3.8, 4) is 0 Å². The van der Waals surface area contributed by atoms with Crippen molar-refractivity contribution in [1.82, 2.24) is 0 Å². The summed E-state index contributed by atoms with van der Waals surface area (Å²) in [7, 11) is -9.79. The Balaban J connectivity index is 4.65. The summed E-state index contributed by atoms with van der Waals surface area (Å²) < 4.78 is 60.9. The SMILES string of the molecule is CC/C=C\C/C=C\C/C=C\C/C=C\CCCCCCC(=O)OCC(COP(=O)(O)OCC(O)COP(=O)(O)OCC(O)COC(=O)CCCCCCCCC/C=C\C/C=C\C/C=C\C/C=C\CCCCC)OC(=O)CCCCCCC/C=C\CCCCCCCC. The highest BCUT2D eigenvalue weighted by Crippen LogP contribution is 2.45. The molecule has 0 fully saturated rings. The Hall–Kier alpha value is -3.79. The zero-order valence-electron chi connectivity index (χ0n) is 56.7. The highest BCUT2D eigenvalue weighted by atomic mass is 31.2. The molecular weight excluding hydrogens is 1190 g/mol. The molecular formula is C73H126O16P2. The largest absolute Gasteiger partial charge is 0.472 e. The van der Waals surface area contributed by atoms with Gasteiger partial charge in [0.2, 0.25) is 0 Å². The van der Waals surface area contributed by atoms with Crippen LogP contribution in [0, 0.1) is 0 Å². The monoisotopic (exact) mass is 1320 g/mol. The van der Waals surface area contributed by atoms with Gasteiger partial charge in [-0.25, -0.2) is 9.13 Å². The fraction of sp³-hybridized carbons (Fsp3) is 0.712. The molecule has 0 bridgehead atoms. The van der Waals surface area contributed by atoms with Crippen LogP contribution in [0.2, 0.25) is 0 Å². The lowest BCUT2D eigenvalue weighted by atomic mass is 10.1. The minimum absolute atomic E-state index is 0.0873. The lowest BCUT2D eigenvalue weighted by Crippen LogP contribution is -2.30. The van der Waals surface area contributed by atoms with E-state index < -0.39 is 91.5 Å². The second-order valence-corrected chi connectivity index (χ2v) is 26.2. The molecule has 0 aromatic rings. The molecule has 0 aromatic heterocycles. The van der Waals surface area contributed by atoms with Gasteiger partial charge in [-0.1, -0.05) is 239 Å². The summed E-state index contributed by atoms with van der Waals surface area (Å²) in [6, 6.07) is 0. The highest BCUT2D eigenvalue weighted by molar-refractivity contribution is 7.47. The van der Waals surface area contributed by atoms with E-state index in [2.05, 4.69) is 130 Å². The Labute approximate surface area is 551 Å². The third-order valence-corrected chi connectivity index (χ3v) is 16.4. The topological polar surface area (TPSA) is 231 Å². The predicted octanol–water partition coefficient (Wildman–Crippen LogP) is 19.6. The van der Waals surface area contributed by atoms with E-state index in [1.54, 1.807) is 0 Å². The maximum atomic E-state index is 12.9. The summed E-state index contributed by atoms with van der Waals surface area (Å²) in [6.45, 7) is 2.47. The summed E-state index contributed by atoms with van der Waals surface area (Å²) in [5, 5.41) is 20.6. The number of unbranched alkanes of at least 4 members (excludes halogenated alkanes) is 25. The summed E-state index contributed by atoms with van der Waals surface area (Å²) in [5.74, 6) is -1.62. The smallest absolute Gasteiger partial charge is 0.463 e. The minimum Gasteiger partial charge on any atom is -0.463 e. The van der Waals surface area contributed by atoms with Crippen LogP contribution >= 0.6 is 15.6 Å². The normalized spacial score (nSPS) is 14.8. The zero-order valence-corrected chi connectivity index (χ0v) is 58.5. The van der Waals surface area contributed by atoms with Crippen molar-refractivity contribution < 1.29 is 75.8 Å². The summed E-state index contributed by atoms with van der Waals surface area (Å²) in [5.41, 5.74) is 0. The number of hydrogen-bond donors (Lipinski definition) is 4. The number of phosphoric ester groups is 2. The first kappa shape index (κ1) is 87.2. The Morgan fingerprint density at radius 3 is 0.956 bits per heavy atom. The van der Waals surface area contributed by atoms with E-state index >= 15 is 0 Å². The van der Waals surface area contributed by atoms with Crippen LogP contribution in [0.4, 0.5) is 0 Å². The van der Waals surface area contributed by atoms with Crippen LogP contribution in [0.3, 0.4) is 0 Å². The van der Waals surface area contributed by atoms with Crippen molar-refractivity contribution in [2.75, 3.05) is 39.6 Å². The number of carbonyl (C=O) groups is 3. The predicted molar refractivity (Wildman–Crippen MR) is 371 cm³/mol. The molecule has 0 aromatic carbocycles. The first-order valence-electron chi connectivity index (χ1n) is 35.2. The molecule has 0 saturated heterocycles. The second kappa shape index (κ2) is 66.2. The first-order valence-corrected chi connectivity index (χ1v) is 38.2. The van der Waals surface area contributed by atoms with E-state index in [0.29, 0.717) is 19.3 Å². The van der Waals surface area contributed by atoms with Gasteiger partial charge in [-0.3, -0.25) is 32.5 Å². The molecule has 0 aliphatic heterocycles. The fourth-order valence-corrected chi connectivity index (χ4v) is 10.7. The van der Waals surface area contributed by atoms with E-state index in [1.807, 2.05) is 0 Å². The van der Waals surface area contributed by atoms with E-state index in [-0.39, 0.29) is 19.3 Å². The van der Waals surface area contributed by atoms with Gasteiger partial charge in [0, 0.05) is 19.3 Å². The van der Waals surface area contributed by atoms with Gasteiger partial charge in [0.15, 0.2) is 6.10 Å². The molecule has 0 amide bonds. The van der Waals surface area contributed by atoms with Crippen LogP contribution in [-0.4, -0.2) is 95.9 Å². The number of aliphatic hydroxyl groups is 2. The second-order valence-electron chi connectivity index (χ2n) is 23.3. The molecule has 0 radical (unpaired) electrons. The quantitative estimate of drug-likeness (QED) is 0.0146. The number of allylic oxidation sites excluding steroid dienone is 18. The van der Waals surface area contributed by atoms with E-state index in [0.717, 1.165) is 154 Å². The first-order chi connectivity index (χ1) is 44.2. The van der Waals surface area contributed by atoms with Gasteiger partial charge < -0.3 is 34.2 Å². The lowest BCUT2D eigenvalue weighted by Gasteiger charge is -2.21. The lowest BCUT2D eigenvalue weighted by molar-refractivity contribution is -0.161. The number of aliphatic hydroxyl groups excluding tert-OH is 2.